The normalized spacial score (nSPS) is 11.1. The minimum Gasteiger partial charge on any atom is -0.319 e. The van der Waals surface area contributed by atoms with Crippen LogP contribution >= 0.6 is 23.1 Å². The summed E-state index contributed by atoms with van der Waals surface area (Å²) in [6.45, 7) is 7.06. The Hall–Kier alpha value is -2.19. The largest absolute Gasteiger partial charge is 0.319 e. The molecule has 1 N–H and O–H groups in total. The van der Waals surface area contributed by atoms with Crippen molar-refractivity contribution < 1.29 is 4.79 Å². The van der Waals surface area contributed by atoms with Gasteiger partial charge in [0.05, 0.1) is 17.6 Å². The molecule has 136 valence electrons. The molecule has 0 atom stereocenters. The van der Waals surface area contributed by atoms with Gasteiger partial charge in [0, 0.05) is 6.54 Å². The van der Waals surface area contributed by atoms with Crippen molar-refractivity contribution in [3.63, 3.8) is 0 Å². The first-order valence-electron chi connectivity index (χ1n) is 8.36. The highest BCUT2D eigenvalue weighted by atomic mass is 32.2. The average molecular weight is 388 g/mol. The number of aryl methyl sites for hydroxylation is 1. The molecule has 0 saturated heterocycles. The van der Waals surface area contributed by atoms with Crippen molar-refractivity contribution in [3.8, 4) is 11.3 Å². The van der Waals surface area contributed by atoms with Gasteiger partial charge in [0.25, 0.3) is 0 Å². The zero-order valence-electron chi connectivity index (χ0n) is 15.0. The zero-order valence-corrected chi connectivity index (χ0v) is 16.6. The number of carbonyl (C=O) groups excluding carboxylic acids is 1. The Morgan fingerprint density at radius 3 is 2.69 bits per heavy atom. The second-order valence-electron chi connectivity index (χ2n) is 6.26. The maximum Gasteiger partial charge on any atom is 0.236 e. The Kier molecular flexibility index (Phi) is 6.05. The minimum absolute atomic E-state index is 0.105. The van der Waals surface area contributed by atoms with E-state index in [4.69, 9.17) is 0 Å². The first kappa shape index (κ1) is 18.6. The fourth-order valence-electron chi connectivity index (χ4n) is 2.49. The van der Waals surface area contributed by atoms with Crippen LogP contribution in [0.25, 0.3) is 11.3 Å². The third kappa shape index (κ3) is 4.70. The Morgan fingerprint density at radius 2 is 2.04 bits per heavy atom. The highest BCUT2D eigenvalue weighted by molar-refractivity contribution is 7.99. The van der Waals surface area contributed by atoms with Crippen LogP contribution < -0.4 is 5.32 Å². The van der Waals surface area contributed by atoms with Gasteiger partial charge in [-0.25, -0.2) is 4.98 Å². The molecule has 8 heteroatoms. The van der Waals surface area contributed by atoms with Crippen molar-refractivity contribution in [1.29, 1.82) is 0 Å². The van der Waals surface area contributed by atoms with Gasteiger partial charge in [0.1, 0.15) is 5.01 Å². The van der Waals surface area contributed by atoms with Crippen molar-refractivity contribution in [3.05, 3.63) is 41.5 Å². The second kappa shape index (κ2) is 8.46. The van der Waals surface area contributed by atoms with Crippen LogP contribution in [0.4, 0.5) is 5.13 Å². The molecule has 0 fully saturated rings. The molecule has 0 saturated carbocycles. The van der Waals surface area contributed by atoms with Gasteiger partial charge in [-0.2, -0.15) is 0 Å². The van der Waals surface area contributed by atoms with Crippen molar-refractivity contribution in [2.45, 2.75) is 32.5 Å². The predicted octanol–water partition coefficient (Wildman–Crippen LogP) is 4.10. The molecule has 3 aromatic rings. The van der Waals surface area contributed by atoms with Crippen LogP contribution in [0.1, 0.15) is 18.9 Å². The van der Waals surface area contributed by atoms with Gasteiger partial charge in [0.15, 0.2) is 5.16 Å². The molecule has 26 heavy (non-hydrogen) atoms. The van der Waals surface area contributed by atoms with Gasteiger partial charge >= 0.3 is 0 Å². The molecule has 0 spiro atoms. The third-order valence-electron chi connectivity index (χ3n) is 3.54. The van der Waals surface area contributed by atoms with Gasteiger partial charge in [0.2, 0.25) is 11.0 Å². The van der Waals surface area contributed by atoms with Crippen LogP contribution in [0, 0.1) is 12.8 Å². The summed E-state index contributed by atoms with van der Waals surface area (Å²) in [5.74, 6) is 0.651. The first-order valence-corrected chi connectivity index (χ1v) is 10.2. The maximum absolute atomic E-state index is 12.2. The van der Waals surface area contributed by atoms with E-state index in [-0.39, 0.29) is 11.7 Å². The van der Waals surface area contributed by atoms with Crippen LogP contribution in [-0.4, -0.2) is 31.4 Å². The van der Waals surface area contributed by atoms with E-state index in [1.165, 1.54) is 23.1 Å². The molecular formula is C18H21N5OS2. The molecule has 1 amide bonds. The lowest BCUT2D eigenvalue weighted by Gasteiger charge is -2.14. The summed E-state index contributed by atoms with van der Waals surface area (Å²) < 4.78 is 2.19. The fourth-order valence-corrected chi connectivity index (χ4v) is 3.88. The topological polar surface area (TPSA) is 72.7 Å². The van der Waals surface area contributed by atoms with Crippen LogP contribution in [0.2, 0.25) is 0 Å². The number of hydrogen-bond donors (Lipinski definition) is 1. The lowest BCUT2D eigenvalue weighted by atomic mass is 10.1. The molecule has 2 heterocycles. The van der Waals surface area contributed by atoms with Crippen LogP contribution in [0.5, 0.6) is 0 Å². The Morgan fingerprint density at radius 1 is 1.27 bits per heavy atom. The summed E-state index contributed by atoms with van der Waals surface area (Å²) in [6, 6.07) is 10.2. The lowest BCUT2D eigenvalue weighted by molar-refractivity contribution is -0.113. The van der Waals surface area contributed by atoms with Crippen LogP contribution in [-0.2, 0) is 11.3 Å². The molecule has 0 unspecified atom stereocenters. The van der Waals surface area contributed by atoms with Gasteiger partial charge in [-0.1, -0.05) is 67.3 Å². The van der Waals surface area contributed by atoms with Gasteiger partial charge in [-0.15, -0.1) is 10.2 Å². The highest BCUT2D eigenvalue weighted by Crippen LogP contribution is 2.27. The number of hydrogen-bond acceptors (Lipinski definition) is 6. The van der Waals surface area contributed by atoms with E-state index in [0.717, 1.165) is 28.0 Å². The summed E-state index contributed by atoms with van der Waals surface area (Å²) in [7, 11) is 0. The molecule has 3 rings (SSSR count). The van der Waals surface area contributed by atoms with Crippen molar-refractivity contribution in [2.24, 2.45) is 5.92 Å². The second-order valence-corrected chi connectivity index (χ2v) is 8.38. The summed E-state index contributed by atoms with van der Waals surface area (Å²) in [4.78, 5) is 16.7. The smallest absolute Gasteiger partial charge is 0.236 e. The summed E-state index contributed by atoms with van der Waals surface area (Å²) in [5, 5.41) is 12.8. The Labute approximate surface area is 161 Å². The zero-order chi connectivity index (χ0) is 18.5. The molecule has 0 radical (unpaired) electrons. The van der Waals surface area contributed by atoms with Crippen molar-refractivity contribution in [1.82, 2.24) is 19.7 Å². The number of nitrogens with zero attached hydrogens (tertiary/aromatic N) is 4. The SMILES string of the molecule is Cc1nnc(NC(=O)CSc2ncc(-c3ccccc3)n2CC(C)C)s1. The van der Waals surface area contributed by atoms with E-state index in [1.807, 2.05) is 31.3 Å². The molecule has 6 nitrogen and oxygen atoms in total. The number of rotatable bonds is 7. The van der Waals surface area contributed by atoms with Crippen LogP contribution in [0.3, 0.4) is 0 Å². The molecule has 1 aromatic carbocycles. The molecule has 0 aliphatic heterocycles. The first-order chi connectivity index (χ1) is 12.5. The predicted molar refractivity (Wildman–Crippen MR) is 107 cm³/mol. The quantitative estimate of drug-likeness (QED) is 0.618. The number of benzene rings is 1. The van der Waals surface area contributed by atoms with Gasteiger partial charge in [-0.3, -0.25) is 10.1 Å². The number of nitrogens with one attached hydrogen (secondary N) is 1. The number of anilines is 1. The minimum atomic E-state index is -0.105. The maximum atomic E-state index is 12.2. The van der Waals surface area contributed by atoms with E-state index in [0.29, 0.717) is 11.0 Å². The van der Waals surface area contributed by atoms with Crippen molar-refractivity contribution >= 4 is 34.1 Å². The molecule has 2 aromatic heterocycles. The van der Waals surface area contributed by atoms with Crippen molar-refractivity contribution in [2.75, 3.05) is 11.1 Å². The van der Waals surface area contributed by atoms with E-state index in [1.54, 1.807) is 0 Å². The summed E-state index contributed by atoms with van der Waals surface area (Å²) >= 11 is 2.80. The van der Waals surface area contributed by atoms with Crippen LogP contribution in [0.15, 0.2) is 41.7 Å². The third-order valence-corrected chi connectivity index (χ3v) is 5.29. The Bertz CT molecular complexity index is 873. The monoisotopic (exact) mass is 387 g/mol. The molecule has 0 bridgehead atoms. The fraction of sp³-hybridized carbons (Fsp3) is 0.333. The lowest BCUT2D eigenvalue weighted by Crippen LogP contribution is -2.15. The summed E-state index contributed by atoms with van der Waals surface area (Å²) in [5.41, 5.74) is 2.20. The average Bonchev–Trinajstić information content (AvgIpc) is 3.19. The standard InChI is InChI=1S/C18H21N5OS2/c1-12(2)10-23-15(14-7-5-4-6-8-14)9-19-18(23)25-11-16(24)20-17-22-21-13(3)26-17/h4-9,12H,10-11H2,1-3H3,(H,20,22,24). The molecule has 0 aliphatic carbocycles. The number of thioether (sulfide) groups is 1. The van der Waals surface area contributed by atoms with E-state index < -0.39 is 0 Å². The van der Waals surface area contributed by atoms with E-state index >= 15 is 0 Å². The van der Waals surface area contributed by atoms with Gasteiger partial charge < -0.3 is 4.57 Å². The number of aromatic nitrogens is 4. The number of carbonyl (C=O) groups is 1. The van der Waals surface area contributed by atoms with Gasteiger partial charge in [-0.05, 0) is 18.4 Å². The number of amides is 1. The highest BCUT2D eigenvalue weighted by Gasteiger charge is 2.15. The Balaban J connectivity index is 1.72. The van der Waals surface area contributed by atoms with E-state index in [2.05, 4.69) is 51.0 Å². The molecule has 0 aliphatic rings. The number of imidazole rings is 1. The summed E-state index contributed by atoms with van der Waals surface area (Å²) in [6.07, 6.45) is 1.88. The van der Waals surface area contributed by atoms with E-state index in [9.17, 15) is 4.79 Å². The molecular weight excluding hydrogens is 366 g/mol.